The van der Waals surface area contributed by atoms with Crippen LogP contribution in [0.5, 0.6) is 0 Å². The quantitative estimate of drug-likeness (QED) is 0.0299. The van der Waals surface area contributed by atoms with E-state index in [0.29, 0.717) is 32.7 Å². The van der Waals surface area contributed by atoms with Crippen molar-refractivity contribution >= 4 is 154 Å². The molecule has 0 bridgehead atoms. The summed E-state index contributed by atoms with van der Waals surface area (Å²) in [7, 11) is -8.97. The molecule has 0 aliphatic heterocycles. The Labute approximate surface area is 485 Å². The van der Waals surface area contributed by atoms with Gasteiger partial charge < -0.3 is 20.8 Å². The van der Waals surface area contributed by atoms with Crippen LogP contribution in [-0.4, -0.2) is 104 Å². The summed E-state index contributed by atoms with van der Waals surface area (Å²) in [6, 6.07) is 15.4. The van der Waals surface area contributed by atoms with E-state index in [-0.39, 0.29) is 111 Å². The molecule has 0 saturated heterocycles. The molecule has 75 heavy (non-hydrogen) atoms. The molecular formula is C42H41Cl4N8O12PS7Ti. The fraction of sp³-hybridized carbons (Fsp3) is 0.286. The summed E-state index contributed by atoms with van der Waals surface area (Å²) in [6.07, 6.45) is 4.88. The van der Waals surface area contributed by atoms with Gasteiger partial charge in [0.15, 0.2) is 0 Å². The van der Waals surface area contributed by atoms with Crippen molar-refractivity contribution in [2.45, 2.75) is 69.6 Å². The van der Waals surface area contributed by atoms with Gasteiger partial charge in [0.05, 0.1) is 77.7 Å². The molecule has 2 unspecified atom stereocenters. The fourth-order valence-corrected chi connectivity index (χ4v) is 14.3. The van der Waals surface area contributed by atoms with E-state index in [0.717, 1.165) is 22.7 Å². The molecule has 2 aliphatic carbocycles. The minimum absolute atomic E-state index is 0. The Bertz CT molecular complexity index is 3090. The van der Waals surface area contributed by atoms with Gasteiger partial charge in [0.25, 0.3) is 0 Å². The number of rotatable bonds is 18. The van der Waals surface area contributed by atoms with Gasteiger partial charge in [-0.15, -0.1) is 22.7 Å². The zero-order valence-corrected chi connectivity index (χ0v) is 49.4. The predicted octanol–water partition coefficient (Wildman–Crippen LogP) is 6.62. The molecule has 4 heterocycles. The zero-order chi connectivity index (χ0) is 54.1. The number of aliphatic hydroxyl groups excluding tert-OH is 2. The molecule has 0 radical (unpaired) electrons. The van der Waals surface area contributed by atoms with E-state index in [1.54, 1.807) is 48.5 Å². The molecule has 0 spiro atoms. The van der Waals surface area contributed by atoms with Crippen LogP contribution in [0.1, 0.15) is 56.2 Å². The number of ketones is 2. The van der Waals surface area contributed by atoms with Crippen molar-refractivity contribution in [3.05, 3.63) is 125 Å². The number of hydrogen-bond donors (Lipinski definition) is 6. The molecular weight excluding hydrogens is 1250 g/mol. The van der Waals surface area contributed by atoms with Gasteiger partial charge in [-0.2, -0.15) is 16.8 Å². The molecule has 0 amide bonds. The molecule has 400 valence electrons. The SMILES string of the molecule is NS(=O)(=O)OC[C@H]1C[C@@H](Nc2ncncc2C(=O)c2cc(S(=O)c3cccc(Cl)c3)c(Cl)s2)C[C@@H]1O.NS(=O)(=O)OC[C@H]1C[C@@H](Nc2ncncc2C(=O)c2cc(S(=O)c3cccc(Cl)c3)c(Cl)s2)C[C@@H]1O.P=S.[Ti]. The molecule has 4 aromatic heterocycles. The molecule has 2 aliphatic rings. The number of aliphatic hydroxyl groups is 2. The Hall–Kier alpha value is -2.71. The number of nitrogens with two attached hydrogens (primary N) is 2. The van der Waals surface area contributed by atoms with E-state index < -0.39 is 77.8 Å². The van der Waals surface area contributed by atoms with E-state index in [1.807, 2.05) is 0 Å². The number of aromatic nitrogens is 4. The third-order valence-electron chi connectivity index (χ3n) is 11.0. The summed E-state index contributed by atoms with van der Waals surface area (Å²) >= 11 is 30.5. The Morgan fingerprint density at radius 2 is 1.05 bits per heavy atom. The van der Waals surface area contributed by atoms with Crippen molar-refractivity contribution in [1.29, 1.82) is 0 Å². The first-order valence-corrected chi connectivity index (χ1v) is 31.1. The van der Waals surface area contributed by atoms with Crippen molar-refractivity contribution in [3.8, 4) is 0 Å². The Balaban J connectivity index is 0.000000265. The standard InChI is InChI=1S/2C21H20Cl2N4O6S3.HPS.Ti/c2*22-12-2-1-3-14(5-12)35(30)18-7-17(34-20(18)23)19(29)15-8-25-10-26-21(15)27-13-4-11(16(28)6-13)9-33-36(24,31)32;1-2;/h2*1-3,5,7-8,10-11,13,16,28H,4,6,9H2,(H2,24,31,32)(H,25,26,27);1H;/t2*11-,13-,16+,35?;;/m11../s1. The second kappa shape index (κ2) is 28.4. The van der Waals surface area contributed by atoms with Crippen molar-refractivity contribution < 1.29 is 75.1 Å². The summed E-state index contributed by atoms with van der Waals surface area (Å²) in [5, 5.41) is 37.4. The van der Waals surface area contributed by atoms with Crippen LogP contribution < -0.4 is 20.9 Å². The van der Waals surface area contributed by atoms with Gasteiger partial charge in [-0.25, -0.2) is 38.6 Å². The van der Waals surface area contributed by atoms with E-state index in [4.69, 9.17) is 56.7 Å². The monoisotopic (exact) mass is 1290 g/mol. The van der Waals surface area contributed by atoms with Gasteiger partial charge >= 0.3 is 20.6 Å². The molecule has 2 aromatic carbocycles. The predicted molar refractivity (Wildman–Crippen MR) is 288 cm³/mol. The van der Waals surface area contributed by atoms with Gasteiger partial charge in [-0.3, -0.25) is 18.0 Å². The van der Waals surface area contributed by atoms with Gasteiger partial charge in [-0.05, 0) is 82.2 Å². The Morgan fingerprint density at radius 1 is 0.680 bits per heavy atom. The van der Waals surface area contributed by atoms with Crippen LogP contribution >= 0.6 is 77.1 Å². The largest absolute Gasteiger partial charge is 0.393 e. The first-order valence-electron chi connectivity index (χ1n) is 21.1. The minimum Gasteiger partial charge on any atom is -0.393 e. The van der Waals surface area contributed by atoms with Crippen molar-refractivity contribution in [2.75, 3.05) is 23.8 Å². The smallest absolute Gasteiger partial charge is 0.333 e. The van der Waals surface area contributed by atoms with E-state index in [2.05, 4.69) is 58.8 Å². The summed E-state index contributed by atoms with van der Waals surface area (Å²) in [5.41, 5.74) is 0.323. The number of halogens is 4. The number of carbonyl (C=O) groups excluding carboxylic acids is 2. The number of carbonyl (C=O) groups is 2. The van der Waals surface area contributed by atoms with Crippen molar-refractivity contribution in [1.82, 2.24) is 19.9 Å². The van der Waals surface area contributed by atoms with Gasteiger partial charge in [0.1, 0.15) is 33.0 Å². The van der Waals surface area contributed by atoms with Crippen LogP contribution in [0.3, 0.4) is 0 Å². The summed E-state index contributed by atoms with van der Waals surface area (Å²) in [6.45, 7) is -0.512. The van der Waals surface area contributed by atoms with Crippen LogP contribution in [0.25, 0.3) is 0 Å². The summed E-state index contributed by atoms with van der Waals surface area (Å²) < 4.78 is 79.9. The Kier molecular flexibility index (Phi) is 23.9. The number of nitrogens with one attached hydrogen (secondary N) is 2. The molecule has 2 fully saturated rings. The minimum atomic E-state index is -4.12. The molecule has 6 aromatic rings. The summed E-state index contributed by atoms with van der Waals surface area (Å²) in [4.78, 5) is 44.9. The zero-order valence-electron chi connectivity index (χ0n) is 38.1. The number of thiophene rings is 2. The average molecular weight is 1290 g/mol. The maximum atomic E-state index is 13.3. The number of hydrogen-bond acceptors (Lipinski definition) is 21. The van der Waals surface area contributed by atoms with Crippen LogP contribution in [0.15, 0.2) is 105 Å². The normalized spacial score (nSPS) is 20.1. The van der Waals surface area contributed by atoms with Crippen LogP contribution in [0.2, 0.25) is 18.7 Å². The second-order valence-electron chi connectivity index (χ2n) is 16.0. The third-order valence-corrected chi connectivity index (χ3v) is 18.4. The molecule has 8 rings (SSSR count). The van der Waals surface area contributed by atoms with Crippen molar-refractivity contribution in [2.24, 2.45) is 22.1 Å². The average Bonchev–Trinajstić information content (AvgIpc) is 4.14. The number of benzene rings is 2. The maximum Gasteiger partial charge on any atom is 0.333 e. The Morgan fingerprint density at radius 3 is 1.40 bits per heavy atom. The molecule has 20 nitrogen and oxygen atoms in total. The van der Waals surface area contributed by atoms with E-state index in [1.165, 1.54) is 37.2 Å². The van der Waals surface area contributed by atoms with Crippen LogP contribution in [0.4, 0.5) is 11.6 Å². The van der Waals surface area contributed by atoms with Crippen LogP contribution in [0, 0.1) is 11.8 Å². The van der Waals surface area contributed by atoms with Gasteiger partial charge in [-0.1, -0.05) is 70.3 Å². The van der Waals surface area contributed by atoms with Gasteiger partial charge in [0.2, 0.25) is 11.6 Å². The van der Waals surface area contributed by atoms with E-state index >= 15 is 0 Å². The maximum absolute atomic E-state index is 13.3. The van der Waals surface area contributed by atoms with Crippen LogP contribution in [-0.2, 0) is 84.1 Å². The molecule has 33 heteroatoms. The summed E-state index contributed by atoms with van der Waals surface area (Å²) in [5.74, 6) is -1.31. The number of nitrogens with zero attached hydrogens (tertiary/aromatic N) is 4. The first-order chi connectivity index (χ1) is 35.0. The number of anilines is 2. The van der Waals surface area contributed by atoms with E-state index in [9.17, 15) is 45.1 Å². The van der Waals surface area contributed by atoms with Crippen molar-refractivity contribution in [3.63, 3.8) is 0 Å². The fourth-order valence-electron chi connectivity index (χ4n) is 7.64. The topological polar surface area (TPSA) is 323 Å². The molecule has 2 saturated carbocycles. The molecule has 8 N–H and O–H groups in total. The first kappa shape index (κ1) is 63.1. The molecule has 8 atom stereocenters. The second-order valence-corrected chi connectivity index (χ2v) is 25.5. The third kappa shape index (κ3) is 17.6. The van der Waals surface area contributed by atoms with Gasteiger partial charge in [0, 0.05) is 77.9 Å².